The van der Waals surface area contributed by atoms with Crippen molar-refractivity contribution in [2.45, 2.75) is 46.0 Å². The molecule has 0 saturated carbocycles. The quantitative estimate of drug-likeness (QED) is 0.204. The van der Waals surface area contributed by atoms with E-state index in [9.17, 15) is 27.1 Å². The van der Waals surface area contributed by atoms with Gasteiger partial charge in [-0.2, -0.15) is 4.39 Å². The van der Waals surface area contributed by atoms with Crippen LogP contribution in [0.2, 0.25) is 0 Å². The molecule has 0 unspecified atom stereocenters. The highest BCUT2D eigenvalue weighted by molar-refractivity contribution is 5.90. The summed E-state index contributed by atoms with van der Waals surface area (Å²) < 4.78 is 70.2. The van der Waals surface area contributed by atoms with Crippen LogP contribution in [0.1, 0.15) is 44.2 Å². The molecule has 0 N–H and O–H groups in total. The fraction of sp³-hybridized carbons (Fsp3) is 0.280. The minimum atomic E-state index is -1.70. The zero-order valence-corrected chi connectivity index (χ0v) is 17.3. The van der Waals surface area contributed by atoms with Crippen LogP contribution in [0.4, 0.5) is 22.0 Å². The fourth-order valence-corrected chi connectivity index (χ4v) is 3.76. The maximum absolute atomic E-state index is 14.6. The third kappa shape index (κ3) is 4.43. The second-order valence-electron chi connectivity index (χ2n) is 7.45. The van der Waals surface area contributed by atoms with Crippen LogP contribution in [0, 0.1) is 29.1 Å². The third-order valence-corrected chi connectivity index (χ3v) is 5.37. The Morgan fingerprint density at radius 1 is 0.710 bits per heavy atom. The summed E-state index contributed by atoms with van der Waals surface area (Å²) in [5, 5.41) is 12.6. The first kappa shape index (κ1) is 22.8. The van der Waals surface area contributed by atoms with Crippen molar-refractivity contribution in [1.82, 2.24) is 0 Å². The SMILES string of the molecule is CCCCCc1ccc(-c2c(CC)c(F)c(F)c([O])c2-c2cc(F)c(F)c(F)c2)cc1. The van der Waals surface area contributed by atoms with E-state index in [2.05, 4.69) is 6.92 Å². The Bertz CT molecular complexity index is 1070. The van der Waals surface area contributed by atoms with E-state index in [1.807, 2.05) is 12.1 Å². The van der Waals surface area contributed by atoms with Crippen LogP contribution < -0.4 is 0 Å². The average molecular weight is 433 g/mol. The Labute approximate surface area is 178 Å². The van der Waals surface area contributed by atoms with Gasteiger partial charge < -0.3 is 0 Å². The summed E-state index contributed by atoms with van der Waals surface area (Å²) in [5.74, 6) is -8.99. The molecule has 6 heteroatoms. The highest BCUT2D eigenvalue weighted by Gasteiger charge is 2.28. The largest absolute Gasteiger partial charge is 0.286 e. The molecule has 0 aliphatic carbocycles. The van der Waals surface area contributed by atoms with Crippen LogP contribution in [0.3, 0.4) is 0 Å². The van der Waals surface area contributed by atoms with Gasteiger partial charge in [0.25, 0.3) is 0 Å². The van der Waals surface area contributed by atoms with Crippen LogP contribution in [0.25, 0.3) is 22.3 Å². The van der Waals surface area contributed by atoms with E-state index >= 15 is 0 Å². The van der Waals surface area contributed by atoms with Gasteiger partial charge in [-0.05, 0) is 59.2 Å². The van der Waals surface area contributed by atoms with Gasteiger partial charge in [0.1, 0.15) is 0 Å². The first-order valence-electron chi connectivity index (χ1n) is 10.2. The Balaban J connectivity index is 2.24. The molecular weight excluding hydrogens is 411 g/mol. The topological polar surface area (TPSA) is 19.9 Å². The first-order valence-corrected chi connectivity index (χ1v) is 10.2. The highest BCUT2D eigenvalue weighted by Crippen LogP contribution is 2.45. The highest BCUT2D eigenvalue weighted by atomic mass is 19.2. The summed E-state index contributed by atoms with van der Waals surface area (Å²) in [6.07, 6.45) is 4.05. The van der Waals surface area contributed by atoms with Crippen molar-refractivity contribution in [2.24, 2.45) is 0 Å². The van der Waals surface area contributed by atoms with E-state index < -0.39 is 40.4 Å². The third-order valence-electron chi connectivity index (χ3n) is 5.37. The smallest absolute Gasteiger partial charge is 0.225 e. The molecule has 0 aliphatic rings. The molecule has 3 aromatic carbocycles. The molecule has 0 heterocycles. The molecule has 3 aromatic rings. The van der Waals surface area contributed by atoms with Crippen LogP contribution in [0.5, 0.6) is 5.75 Å². The second-order valence-corrected chi connectivity index (χ2v) is 7.45. The monoisotopic (exact) mass is 433 g/mol. The van der Waals surface area contributed by atoms with Crippen LogP contribution in [-0.4, -0.2) is 0 Å². The van der Waals surface area contributed by atoms with Gasteiger partial charge in [-0.3, -0.25) is 5.11 Å². The molecule has 163 valence electrons. The maximum Gasteiger partial charge on any atom is 0.225 e. The lowest BCUT2D eigenvalue weighted by Gasteiger charge is -2.18. The summed E-state index contributed by atoms with van der Waals surface area (Å²) in [6.45, 7) is 3.68. The lowest BCUT2D eigenvalue weighted by molar-refractivity contribution is 0.321. The zero-order valence-electron chi connectivity index (χ0n) is 17.3. The molecule has 0 aliphatic heterocycles. The molecule has 31 heavy (non-hydrogen) atoms. The summed E-state index contributed by atoms with van der Waals surface area (Å²) in [5.41, 5.74) is 0.671. The summed E-state index contributed by atoms with van der Waals surface area (Å²) in [4.78, 5) is 0. The van der Waals surface area contributed by atoms with E-state index in [4.69, 9.17) is 0 Å². The van der Waals surface area contributed by atoms with E-state index in [1.165, 1.54) is 0 Å². The Morgan fingerprint density at radius 3 is 1.87 bits per heavy atom. The normalized spacial score (nSPS) is 11.2. The number of halogens is 5. The standard InChI is InChI=1S/C25H22F5O/c1-3-5-6-7-14-8-10-15(11-9-14)20-17(4-2)22(28)24(30)25(31)21(20)16-12-18(26)23(29)19(27)13-16/h8-13H,3-7H2,1-2H3. The molecular formula is C25H22F5O. The number of hydrogen-bond donors (Lipinski definition) is 0. The van der Waals surface area contributed by atoms with Crippen molar-refractivity contribution < 1.29 is 27.1 Å². The minimum Gasteiger partial charge on any atom is -0.286 e. The van der Waals surface area contributed by atoms with Crippen LogP contribution in [0.15, 0.2) is 36.4 Å². The second kappa shape index (κ2) is 9.50. The molecule has 0 amide bonds. The molecule has 1 radical (unpaired) electrons. The summed E-state index contributed by atoms with van der Waals surface area (Å²) in [7, 11) is 0. The van der Waals surface area contributed by atoms with Crippen molar-refractivity contribution in [3.05, 3.63) is 76.6 Å². The first-order chi connectivity index (χ1) is 14.8. The zero-order chi connectivity index (χ0) is 22.7. The molecule has 1 nitrogen and oxygen atoms in total. The Morgan fingerprint density at radius 2 is 1.32 bits per heavy atom. The number of unbranched alkanes of at least 4 members (excludes halogenated alkanes) is 2. The number of aryl methyl sites for hydroxylation is 1. The van der Waals surface area contributed by atoms with Crippen LogP contribution in [-0.2, 0) is 17.9 Å². The number of hydrogen-bond acceptors (Lipinski definition) is 0. The van der Waals surface area contributed by atoms with Crippen molar-refractivity contribution in [2.75, 3.05) is 0 Å². The predicted molar refractivity (Wildman–Crippen MR) is 110 cm³/mol. The van der Waals surface area contributed by atoms with Gasteiger partial charge in [0.2, 0.25) is 11.6 Å². The van der Waals surface area contributed by atoms with Gasteiger partial charge in [-0.1, -0.05) is 51.0 Å². The molecule has 0 aromatic heterocycles. The Hall–Kier alpha value is -2.89. The van der Waals surface area contributed by atoms with Gasteiger partial charge in [0.05, 0.1) is 0 Å². The summed E-state index contributed by atoms with van der Waals surface area (Å²) >= 11 is 0. The Kier molecular flexibility index (Phi) is 6.98. The van der Waals surface area contributed by atoms with E-state index in [0.29, 0.717) is 17.7 Å². The molecule has 0 spiro atoms. The predicted octanol–water partition coefficient (Wildman–Crippen LogP) is 8.16. The number of rotatable bonds is 7. The average Bonchev–Trinajstić information content (AvgIpc) is 2.76. The minimum absolute atomic E-state index is 0.0375. The van der Waals surface area contributed by atoms with Crippen molar-refractivity contribution in [3.8, 4) is 28.0 Å². The van der Waals surface area contributed by atoms with Gasteiger partial charge >= 0.3 is 0 Å². The molecule has 0 saturated heterocycles. The van der Waals surface area contributed by atoms with Gasteiger partial charge in [-0.25, -0.2) is 17.6 Å². The summed E-state index contributed by atoms with van der Waals surface area (Å²) in [6, 6.07) is 8.24. The van der Waals surface area contributed by atoms with Crippen molar-refractivity contribution >= 4 is 0 Å². The van der Waals surface area contributed by atoms with E-state index in [0.717, 1.165) is 31.2 Å². The van der Waals surface area contributed by atoms with Crippen molar-refractivity contribution in [3.63, 3.8) is 0 Å². The molecule has 0 atom stereocenters. The van der Waals surface area contributed by atoms with Gasteiger partial charge in [-0.15, -0.1) is 0 Å². The van der Waals surface area contributed by atoms with Crippen LogP contribution >= 0.6 is 0 Å². The molecule has 0 fully saturated rings. The van der Waals surface area contributed by atoms with E-state index in [1.54, 1.807) is 19.1 Å². The van der Waals surface area contributed by atoms with Gasteiger partial charge in [0, 0.05) is 5.56 Å². The molecule has 0 bridgehead atoms. The maximum atomic E-state index is 14.6. The van der Waals surface area contributed by atoms with Gasteiger partial charge in [0.15, 0.2) is 23.3 Å². The molecule has 3 rings (SSSR count). The van der Waals surface area contributed by atoms with E-state index in [-0.39, 0.29) is 23.1 Å². The lowest BCUT2D eigenvalue weighted by Crippen LogP contribution is -2.02. The number of benzene rings is 3. The lowest BCUT2D eigenvalue weighted by atomic mass is 9.87. The van der Waals surface area contributed by atoms with Crippen molar-refractivity contribution in [1.29, 1.82) is 0 Å². The fourth-order valence-electron chi connectivity index (χ4n) is 3.76.